The van der Waals surface area contributed by atoms with Gasteiger partial charge in [0.15, 0.2) is 11.5 Å². The van der Waals surface area contributed by atoms with Crippen molar-refractivity contribution in [2.24, 2.45) is 5.92 Å². The zero-order valence-corrected chi connectivity index (χ0v) is 16.1. The van der Waals surface area contributed by atoms with Crippen LogP contribution in [-0.2, 0) is 9.59 Å². The Balaban J connectivity index is 0.00000280. The van der Waals surface area contributed by atoms with Crippen molar-refractivity contribution in [2.45, 2.75) is 19.3 Å². The van der Waals surface area contributed by atoms with Crippen LogP contribution in [0.25, 0.3) is 0 Å². The topological polar surface area (TPSA) is 117 Å². The quantitative estimate of drug-likeness (QED) is 0.687. The molecule has 0 bridgehead atoms. The maximum Gasteiger partial charge on any atom is 0.325 e. The predicted molar refractivity (Wildman–Crippen MR) is 103 cm³/mol. The molecule has 0 saturated carbocycles. The molecule has 0 spiro atoms. The zero-order chi connectivity index (χ0) is 19.2. The first-order chi connectivity index (χ1) is 13.0. The van der Waals surface area contributed by atoms with Gasteiger partial charge in [0.05, 0.1) is 25.7 Å². The molecular weight excluding hydrogens is 390 g/mol. The Bertz CT molecular complexity index is 721. The summed E-state index contributed by atoms with van der Waals surface area (Å²) in [7, 11) is 0. The second kappa shape index (κ2) is 10.1. The van der Waals surface area contributed by atoms with E-state index in [0.29, 0.717) is 56.3 Å². The number of hydrogen-bond donors (Lipinski definition) is 3. The number of likely N-dealkylation sites (tertiary alicyclic amines) is 1. The number of nitrogens with zero attached hydrogens (tertiary/aromatic N) is 1. The van der Waals surface area contributed by atoms with Gasteiger partial charge in [0.1, 0.15) is 0 Å². The highest BCUT2D eigenvalue weighted by Gasteiger charge is 2.25. The summed E-state index contributed by atoms with van der Waals surface area (Å²) in [5.41, 5.74) is 0.492. The Labute approximate surface area is 168 Å². The van der Waals surface area contributed by atoms with E-state index in [0.717, 1.165) is 6.42 Å². The summed E-state index contributed by atoms with van der Waals surface area (Å²) in [4.78, 5) is 36.8. The van der Waals surface area contributed by atoms with Gasteiger partial charge in [-0.25, -0.2) is 4.79 Å². The molecular formula is C18H24ClN3O6. The van der Waals surface area contributed by atoms with Gasteiger partial charge in [-0.3, -0.25) is 19.8 Å². The molecule has 9 nitrogen and oxygen atoms in total. The van der Waals surface area contributed by atoms with Crippen molar-refractivity contribution in [3.05, 3.63) is 18.2 Å². The maximum atomic E-state index is 12.0. The van der Waals surface area contributed by atoms with Crippen LogP contribution >= 0.6 is 12.4 Å². The summed E-state index contributed by atoms with van der Waals surface area (Å²) in [6.07, 6.45) is 1.80. The number of halogens is 1. The fourth-order valence-electron chi connectivity index (χ4n) is 3.11. The van der Waals surface area contributed by atoms with Crippen LogP contribution in [0, 0.1) is 5.92 Å². The number of amides is 3. The fraction of sp³-hybridized carbons (Fsp3) is 0.500. The lowest BCUT2D eigenvalue weighted by atomic mass is 9.97. The van der Waals surface area contributed by atoms with Crippen molar-refractivity contribution >= 4 is 36.0 Å². The molecule has 154 valence electrons. The number of nitrogens with one attached hydrogen (secondary N) is 2. The molecule has 0 aliphatic carbocycles. The molecule has 1 fully saturated rings. The Morgan fingerprint density at radius 2 is 1.79 bits per heavy atom. The minimum absolute atomic E-state index is 0. The number of carboxylic acids is 1. The number of ether oxygens (including phenoxy) is 2. The van der Waals surface area contributed by atoms with Gasteiger partial charge in [-0.15, -0.1) is 12.4 Å². The van der Waals surface area contributed by atoms with E-state index in [4.69, 9.17) is 14.6 Å². The van der Waals surface area contributed by atoms with Gasteiger partial charge in [-0.2, -0.15) is 0 Å². The number of benzene rings is 1. The van der Waals surface area contributed by atoms with E-state index in [1.54, 1.807) is 18.2 Å². The monoisotopic (exact) mass is 413 g/mol. The maximum absolute atomic E-state index is 12.0. The molecule has 0 atom stereocenters. The zero-order valence-electron chi connectivity index (χ0n) is 15.3. The SMILES string of the molecule is Cl.O=C(CN1CCC(C(=O)O)CC1)NC(=O)Nc1ccc2c(c1)OCCCO2. The number of carbonyl (C=O) groups excluding carboxylic acids is 2. The van der Waals surface area contributed by atoms with Gasteiger partial charge in [0.2, 0.25) is 5.91 Å². The molecule has 3 N–H and O–H groups in total. The number of aliphatic carboxylic acids is 1. The van der Waals surface area contributed by atoms with Crippen LogP contribution in [0.4, 0.5) is 10.5 Å². The lowest BCUT2D eigenvalue weighted by Gasteiger charge is -2.29. The second-order valence-corrected chi connectivity index (χ2v) is 6.60. The van der Waals surface area contributed by atoms with Crippen LogP contribution in [-0.4, -0.2) is 60.8 Å². The van der Waals surface area contributed by atoms with Crippen molar-refractivity contribution < 1.29 is 29.0 Å². The number of rotatable bonds is 4. The standard InChI is InChI=1S/C18H23N3O6.ClH/c22-16(11-21-6-4-12(5-7-21)17(23)24)20-18(25)19-13-2-3-14-15(10-13)27-9-1-8-26-14;/h2-3,10,12H,1,4-9,11H2,(H,23,24)(H2,19,20,22,25);1H. The fourth-order valence-corrected chi connectivity index (χ4v) is 3.11. The van der Waals surface area contributed by atoms with Gasteiger partial charge >= 0.3 is 12.0 Å². The van der Waals surface area contributed by atoms with E-state index in [2.05, 4.69) is 10.6 Å². The second-order valence-electron chi connectivity index (χ2n) is 6.60. The number of urea groups is 1. The van der Waals surface area contributed by atoms with E-state index in [9.17, 15) is 14.4 Å². The van der Waals surface area contributed by atoms with E-state index in [-0.39, 0.29) is 24.9 Å². The van der Waals surface area contributed by atoms with Crippen molar-refractivity contribution in [1.29, 1.82) is 0 Å². The van der Waals surface area contributed by atoms with Crippen LogP contribution < -0.4 is 20.1 Å². The molecule has 3 rings (SSSR count). The largest absolute Gasteiger partial charge is 0.490 e. The first kappa shape index (κ1) is 21.8. The predicted octanol–water partition coefficient (Wildman–Crippen LogP) is 1.71. The summed E-state index contributed by atoms with van der Waals surface area (Å²) in [5.74, 6) is -0.409. The van der Waals surface area contributed by atoms with Gasteiger partial charge in [-0.1, -0.05) is 0 Å². The highest BCUT2D eigenvalue weighted by molar-refractivity contribution is 6.01. The molecule has 28 heavy (non-hydrogen) atoms. The number of carbonyl (C=O) groups is 3. The van der Waals surface area contributed by atoms with Crippen molar-refractivity contribution in [2.75, 3.05) is 38.2 Å². The first-order valence-corrected chi connectivity index (χ1v) is 8.97. The first-order valence-electron chi connectivity index (χ1n) is 8.97. The molecule has 0 aromatic heterocycles. The molecule has 2 aliphatic heterocycles. The average molecular weight is 414 g/mol. The van der Waals surface area contributed by atoms with E-state index < -0.39 is 17.9 Å². The minimum atomic E-state index is -0.798. The Kier molecular flexibility index (Phi) is 7.89. The smallest absolute Gasteiger partial charge is 0.325 e. The summed E-state index contributed by atoms with van der Waals surface area (Å²) in [5, 5.41) is 13.9. The van der Waals surface area contributed by atoms with Crippen LogP contribution in [0.3, 0.4) is 0 Å². The van der Waals surface area contributed by atoms with Crippen molar-refractivity contribution in [1.82, 2.24) is 10.2 Å². The van der Waals surface area contributed by atoms with Crippen LogP contribution in [0.1, 0.15) is 19.3 Å². The van der Waals surface area contributed by atoms with Gasteiger partial charge < -0.3 is 19.9 Å². The highest BCUT2D eigenvalue weighted by Crippen LogP contribution is 2.32. The third kappa shape index (κ3) is 6.00. The van der Waals surface area contributed by atoms with Gasteiger partial charge in [0, 0.05) is 18.2 Å². The summed E-state index contributed by atoms with van der Waals surface area (Å²) >= 11 is 0. The van der Waals surface area contributed by atoms with E-state index in [1.807, 2.05) is 4.90 Å². The lowest BCUT2D eigenvalue weighted by Crippen LogP contribution is -2.45. The van der Waals surface area contributed by atoms with Gasteiger partial charge in [0.25, 0.3) is 0 Å². The number of anilines is 1. The summed E-state index contributed by atoms with van der Waals surface area (Å²) in [6, 6.07) is 4.41. The molecule has 1 aromatic rings. The number of carboxylic acid groups (broad SMARTS) is 1. The molecule has 1 aromatic carbocycles. The normalized spacial score (nSPS) is 17.0. The van der Waals surface area contributed by atoms with E-state index >= 15 is 0 Å². The number of imide groups is 1. The van der Waals surface area contributed by atoms with Crippen molar-refractivity contribution in [3.63, 3.8) is 0 Å². The molecule has 1 saturated heterocycles. The molecule has 2 aliphatic rings. The third-order valence-electron chi connectivity index (χ3n) is 4.56. The Hall–Kier alpha value is -2.52. The average Bonchev–Trinajstić information content (AvgIpc) is 2.86. The Morgan fingerprint density at radius 1 is 1.11 bits per heavy atom. The molecule has 3 amide bonds. The van der Waals surface area contributed by atoms with Crippen LogP contribution in [0.2, 0.25) is 0 Å². The number of piperidine rings is 1. The van der Waals surface area contributed by atoms with Crippen LogP contribution in [0.15, 0.2) is 18.2 Å². The number of hydrogen-bond acceptors (Lipinski definition) is 6. The lowest BCUT2D eigenvalue weighted by molar-refractivity contribution is -0.143. The summed E-state index contributed by atoms with van der Waals surface area (Å²) < 4.78 is 11.1. The molecule has 0 radical (unpaired) electrons. The molecule has 10 heteroatoms. The van der Waals surface area contributed by atoms with E-state index in [1.165, 1.54) is 0 Å². The third-order valence-corrected chi connectivity index (χ3v) is 4.56. The highest BCUT2D eigenvalue weighted by atomic mass is 35.5. The minimum Gasteiger partial charge on any atom is -0.490 e. The van der Waals surface area contributed by atoms with Crippen molar-refractivity contribution in [3.8, 4) is 11.5 Å². The molecule has 0 unspecified atom stereocenters. The molecule has 2 heterocycles. The van der Waals surface area contributed by atoms with Crippen LogP contribution in [0.5, 0.6) is 11.5 Å². The van der Waals surface area contributed by atoms with Gasteiger partial charge in [-0.05, 0) is 38.1 Å². The summed E-state index contributed by atoms with van der Waals surface area (Å²) in [6.45, 7) is 2.22. The Morgan fingerprint density at radius 3 is 2.46 bits per heavy atom. The number of fused-ring (bicyclic) bond motifs is 1.